The summed E-state index contributed by atoms with van der Waals surface area (Å²) in [7, 11) is 1.70. The molecule has 1 aliphatic heterocycles. The molecule has 38 heavy (non-hydrogen) atoms. The quantitative estimate of drug-likeness (QED) is 0.272. The molecule has 0 saturated carbocycles. The standard InChI is InChI=1S/C30H34N4O2S2/c1-20-23-7-3-4-8-26(23)37-28(20)32-30(35)31-17-25-24-13-16-33(18-21-9-11-22(36-2)12-10-21)19-27(24)38-29(25)34-14-5-6-15-34/h5-6,9-12,14-15H,3-4,7-8,13,16-19H2,1-2H3,(H2,31,32,35). The van der Waals surface area contributed by atoms with Crippen molar-refractivity contribution in [3.63, 3.8) is 0 Å². The Morgan fingerprint density at radius 3 is 2.55 bits per heavy atom. The Hall–Kier alpha value is -3.07. The van der Waals surface area contributed by atoms with E-state index in [1.165, 1.54) is 55.4 Å². The monoisotopic (exact) mass is 546 g/mol. The summed E-state index contributed by atoms with van der Waals surface area (Å²) < 4.78 is 7.49. The summed E-state index contributed by atoms with van der Waals surface area (Å²) in [6.07, 6.45) is 9.95. The highest BCUT2D eigenvalue weighted by atomic mass is 32.1. The fourth-order valence-electron chi connectivity index (χ4n) is 5.65. The highest BCUT2D eigenvalue weighted by Gasteiger charge is 2.26. The second-order valence-corrected chi connectivity index (χ2v) is 12.3. The first-order valence-electron chi connectivity index (χ1n) is 13.4. The molecule has 6 rings (SSSR count). The van der Waals surface area contributed by atoms with Crippen LogP contribution in [0.1, 0.15) is 50.4 Å². The fourth-order valence-corrected chi connectivity index (χ4v) is 8.32. The van der Waals surface area contributed by atoms with Crippen LogP contribution >= 0.6 is 22.7 Å². The number of amides is 2. The largest absolute Gasteiger partial charge is 0.497 e. The number of aryl methyl sites for hydroxylation is 1. The molecule has 2 N–H and O–H groups in total. The van der Waals surface area contributed by atoms with E-state index in [0.717, 1.165) is 49.6 Å². The predicted octanol–water partition coefficient (Wildman–Crippen LogP) is 6.68. The van der Waals surface area contributed by atoms with Gasteiger partial charge in [-0.2, -0.15) is 0 Å². The number of hydrogen-bond donors (Lipinski definition) is 2. The van der Waals surface area contributed by atoms with Crippen LogP contribution in [0.3, 0.4) is 0 Å². The Labute approximate surface area is 232 Å². The number of carbonyl (C=O) groups excluding carboxylic acids is 1. The van der Waals surface area contributed by atoms with Crippen molar-refractivity contribution in [2.24, 2.45) is 0 Å². The zero-order valence-electron chi connectivity index (χ0n) is 22.0. The number of anilines is 1. The number of fused-ring (bicyclic) bond motifs is 2. The van der Waals surface area contributed by atoms with E-state index in [-0.39, 0.29) is 6.03 Å². The molecule has 1 aromatic carbocycles. The van der Waals surface area contributed by atoms with Crippen LogP contribution in [-0.2, 0) is 38.9 Å². The van der Waals surface area contributed by atoms with E-state index in [0.29, 0.717) is 6.54 Å². The normalized spacial score (nSPS) is 15.1. The van der Waals surface area contributed by atoms with Crippen LogP contribution in [0.15, 0.2) is 48.8 Å². The number of rotatable bonds is 7. The molecule has 8 heteroatoms. The highest BCUT2D eigenvalue weighted by molar-refractivity contribution is 7.16. The first-order chi connectivity index (χ1) is 18.6. The number of carbonyl (C=O) groups is 1. The van der Waals surface area contributed by atoms with Crippen LogP contribution in [0.25, 0.3) is 5.00 Å². The molecule has 0 fully saturated rings. The maximum atomic E-state index is 13.0. The number of aromatic nitrogens is 1. The Morgan fingerprint density at radius 1 is 1.00 bits per heavy atom. The molecule has 0 unspecified atom stereocenters. The van der Waals surface area contributed by atoms with Crippen molar-refractivity contribution in [3.8, 4) is 10.8 Å². The third-order valence-corrected chi connectivity index (χ3v) is 10.3. The van der Waals surface area contributed by atoms with Gasteiger partial charge in [0.05, 0.1) is 12.1 Å². The minimum absolute atomic E-state index is 0.123. The van der Waals surface area contributed by atoms with Crippen LogP contribution < -0.4 is 15.4 Å². The molecule has 3 aromatic heterocycles. The van der Waals surface area contributed by atoms with Crippen LogP contribution in [0, 0.1) is 6.92 Å². The third kappa shape index (κ3) is 5.13. The molecule has 6 nitrogen and oxygen atoms in total. The van der Waals surface area contributed by atoms with Crippen molar-refractivity contribution in [1.29, 1.82) is 0 Å². The van der Waals surface area contributed by atoms with Crippen molar-refractivity contribution >= 4 is 33.7 Å². The topological polar surface area (TPSA) is 58.5 Å². The van der Waals surface area contributed by atoms with Gasteiger partial charge in [-0.05, 0) is 85.5 Å². The molecule has 4 heterocycles. The van der Waals surface area contributed by atoms with E-state index in [1.54, 1.807) is 18.4 Å². The van der Waals surface area contributed by atoms with Crippen LogP contribution in [-0.4, -0.2) is 29.2 Å². The molecular formula is C30H34N4O2S2. The van der Waals surface area contributed by atoms with E-state index in [1.807, 2.05) is 23.5 Å². The van der Waals surface area contributed by atoms with Gasteiger partial charge in [0.15, 0.2) is 0 Å². The average Bonchev–Trinajstić information content (AvgIpc) is 3.66. The summed E-state index contributed by atoms with van der Waals surface area (Å²) in [5, 5.41) is 8.54. The third-order valence-electron chi connectivity index (χ3n) is 7.72. The molecular weight excluding hydrogens is 512 g/mol. The maximum absolute atomic E-state index is 13.0. The molecule has 2 amide bonds. The van der Waals surface area contributed by atoms with Gasteiger partial charge in [-0.15, -0.1) is 22.7 Å². The van der Waals surface area contributed by atoms with E-state index in [9.17, 15) is 4.79 Å². The zero-order chi connectivity index (χ0) is 26.1. The Bertz CT molecular complexity index is 1420. The molecule has 0 radical (unpaired) electrons. The van der Waals surface area contributed by atoms with E-state index in [2.05, 4.69) is 63.7 Å². The van der Waals surface area contributed by atoms with Gasteiger partial charge in [-0.3, -0.25) is 10.2 Å². The molecule has 0 saturated heterocycles. The van der Waals surface area contributed by atoms with E-state index in [4.69, 9.17) is 4.74 Å². The molecule has 1 aliphatic carbocycles. The van der Waals surface area contributed by atoms with Gasteiger partial charge in [0, 0.05) is 53.9 Å². The number of thiophene rings is 2. The summed E-state index contributed by atoms with van der Waals surface area (Å²) in [5.41, 5.74) is 6.63. The summed E-state index contributed by atoms with van der Waals surface area (Å²) in [4.78, 5) is 18.4. The van der Waals surface area contributed by atoms with Gasteiger partial charge in [0.25, 0.3) is 0 Å². The Balaban J connectivity index is 1.17. The van der Waals surface area contributed by atoms with Crippen LogP contribution in [0.4, 0.5) is 9.80 Å². The average molecular weight is 547 g/mol. The lowest BCUT2D eigenvalue weighted by molar-refractivity contribution is 0.247. The summed E-state index contributed by atoms with van der Waals surface area (Å²) >= 11 is 3.60. The molecule has 198 valence electrons. The predicted molar refractivity (Wildman–Crippen MR) is 156 cm³/mol. The van der Waals surface area contributed by atoms with Gasteiger partial charge in [0.2, 0.25) is 0 Å². The molecule has 4 aromatic rings. The van der Waals surface area contributed by atoms with Gasteiger partial charge in [-0.25, -0.2) is 4.79 Å². The smallest absolute Gasteiger partial charge is 0.320 e. The number of nitrogens with zero attached hydrogens (tertiary/aromatic N) is 2. The van der Waals surface area contributed by atoms with Gasteiger partial charge >= 0.3 is 6.03 Å². The van der Waals surface area contributed by atoms with Crippen molar-refractivity contribution < 1.29 is 9.53 Å². The lowest BCUT2D eigenvalue weighted by atomic mass is 9.96. The second kappa shape index (κ2) is 11.0. The SMILES string of the molecule is COc1ccc(CN2CCc3c(sc(-n4cccc4)c3CNC(=O)Nc3sc4c(c3C)CCCC4)C2)cc1. The number of urea groups is 1. The van der Waals surface area contributed by atoms with E-state index >= 15 is 0 Å². The van der Waals surface area contributed by atoms with Gasteiger partial charge in [-0.1, -0.05) is 12.1 Å². The fraction of sp³-hybridized carbons (Fsp3) is 0.367. The molecule has 0 atom stereocenters. The highest BCUT2D eigenvalue weighted by Crippen LogP contribution is 2.38. The second-order valence-electron chi connectivity index (χ2n) is 10.2. The van der Waals surface area contributed by atoms with Crippen LogP contribution in [0.2, 0.25) is 0 Å². The lowest BCUT2D eigenvalue weighted by Crippen LogP contribution is -2.31. The minimum Gasteiger partial charge on any atom is -0.497 e. The Morgan fingerprint density at radius 2 is 1.79 bits per heavy atom. The van der Waals surface area contributed by atoms with Crippen LogP contribution in [0.5, 0.6) is 5.75 Å². The lowest BCUT2D eigenvalue weighted by Gasteiger charge is -2.27. The molecule has 2 aliphatic rings. The first kappa shape index (κ1) is 25.2. The van der Waals surface area contributed by atoms with Crippen molar-refractivity contribution in [2.75, 3.05) is 19.0 Å². The number of hydrogen-bond acceptors (Lipinski definition) is 5. The first-order valence-corrected chi connectivity index (χ1v) is 15.0. The number of nitrogens with one attached hydrogen (secondary N) is 2. The summed E-state index contributed by atoms with van der Waals surface area (Å²) in [6.45, 7) is 5.51. The summed E-state index contributed by atoms with van der Waals surface area (Å²) in [6, 6.07) is 12.3. The van der Waals surface area contributed by atoms with E-state index < -0.39 is 0 Å². The van der Waals surface area contributed by atoms with Crippen molar-refractivity contribution in [3.05, 3.63) is 86.4 Å². The Kier molecular flexibility index (Phi) is 7.28. The zero-order valence-corrected chi connectivity index (χ0v) is 23.6. The molecule has 0 spiro atoms. The maximum Gasteiger partial charge on any atom is 0.320 e. The number of methoxy groups -OCH3 is 1. The van der Waals surface area contributed by atoms with Crippen molar-refractivity contribution in [2.45, 2.75) is 58.7 Å². The number of ether oxygens (including phenoxy) is 1. The minimum atomic E-state index is -0.123. The van der Waals surface area contributed by atoms with Gasteiger partial charge in [0.1, 0.15) is 10.8 Å². The molecule has 0 bridgehead atoms. The van der Waals surface area contributed by atoms with Gasteiger partial charge < -0.3 is 14.6 Å². The summed E-state index contributed by atoms with van der Waals surface area (Å²) in [5.74, 6) is 0.888. The van der Waals surface area contributed by atoms with Crippen molar-refractivity contribution in [1.82, 2.24) is 14.8 Å². The number of benzene rings is 1.